The van der Waals surface area contributed by atoms with Crippen molar-refractivity contribution < 1.29 is 4.79 Å². The van der Waals surface area contributed by atoms with Crippen LogP contribution in [-0.2, 0) is 6.42 Å². The second-order valence-corrected chi connectivity index (χ2v) is 5.58. The van der Waals surface area contributed by atoms with Crippen LogP contribution in [0, 0.1) is 0 Å². The Kier molecular flexibility index (Phi) is 4.12. The summed E-state index contributed by atoms with van der Waals surface area (Å²) in [5.41, 5.74) is 2.50. The standard InChI is InChI=1S/C16H15N3OS/c20-16(17-9-8-12-5-2-1-3-6-12)14-11-13(18-19-14)15-7-4-10-21-15/h1-7,10-11H,8-9H2,(H,17,20)(H,18,19). The molecule has 0 aliphatic heterocycles. The van der Waals surface area contributed by atoms with Crippen molar-refractivity contribution in [3.63, 3.8) is 0 Å². The number of benzene rings is 1. The van der Waals surface area contributed by atoms with Crippen molar-refractivity contribution in [2.24, 2.45) is 0 Å². The van der Waals surface area contributed by atoms with Crippen LogP contribution in [0.1, 0.15) is 16.1 Å². The molecule has 2 heterocycles. The number of H-pyrrole nitrogens is 1. The maximum Gasteiger partial charge on any atom is 0.271 e. The van der Waals surface area contributed by atoms with Gasteiger partial charge in [0.15, 0.2) is 5.69 Å². The molecule has 3 aromatic rings. The molecule has 3 rings (SSSR count). The molecule has 5 heteroatoms. The minimum absolute atomic E-state index is 0.148. The van der Waals surface area contributed by atoms with Gasteiger partial charge in [0.05, 0.1) is 10.6 Å². The van der Waals surface area contributed by atoms with Gasteiger partial charge in [-0.3, -0.25) is 9.89 Å². The number of nitrogens with one attached hydrogen (secondary N) is 2. The van der Waals surface area contributed by atoms with Crippen LogP contribution < -0.4 is 5.32 Å². The molecule has 0 aliphatic rings. The van der Waals surface area contributed by atoms with Crippen LogP contribution in [0.15, 0.2) is 53.9 Å². The molecule has 0 bridgehead atoms. The van der Waals surface area contributed by atoms with Gasteiger partial charge in [0.2, 0.25) is 0 Å². The lowest BCUT2D eigenvalue weighted by molar-refractivity contribution is 0.0949. The fourth-order valence-corrected chi connectivity index (χ4v) is 2.74. The molecule has 2 N–H and O–H groups in total. The first-order valence-electron chi connectivity index (χ1n) is 6.74. The first kappa shape index (κ1) is 13.6. The number of carbonyl (C=O) groups excluding carboxylic acids is 1. The molecule has 106 valence electrons. The fourth-order valence-electron chi connectivity index (χ4n) is 2.05. The molecule has 0 saturated heterocycles. The van der Waals surface area contributed by atoms with E-state index in [0.717, 1.165) is 17.0 Å². The summed E-state index contributed by atoms with van der Waals surface area (Å²) in [6.45, 7) is 0.601. The number of amides is 1. The van der Waals surface area contributed by atoms with E-state index in [9.17, 15) is 4.79 Å². The average molecular weight is 297 g/mol. The summed E-state index contributed by atoms with van der Waals surface area (Å²) in [6.07, 6.45) is 0.814. The molecule has 0 fully saturated rings. The van der Waals surface area contributed by atoms with Crippen molar-refractivity contribution in [1.29, 1.82) is 0 Å². The van der Waals surface area contributed by atoms with E-state index in [2.05, 4.69) is 27.6 Å². The van der Waals surface area contributed by atoms with Gasteiger partial charge in [-0.05, 0) is 29.5 Å². The number of aromatic nitrogens is 2. The van der Waals surface area contributed by atoms with E-state index in [1.165, 1.54) is 5.56 Å². The topological polar surface area (TPSA) is 57.8 Å². The van der Waals surface area contributed by atoms with Crippen molar-refractivity contribution in [2.75, 3.05) is 6.54 Å². The number of aromatic amines is 1. The van der Waals surface area contributed by atoms with Crippen LogP contribution >= 0.6 is 11.3 Å². The Balaban J connectivity index is 1.56. The Morgan fingerprint density at radius 2 is 2.05 bits per heavy atom. The van der Waals surface area contributed by atoms with Gasteiger partial charge < -0.3 is 5.32 Å². The van der Waals surface area contributed by atoms with E-state index in [-0.39, 0.29) is 5.91 Å². The smallest absolute Gasteiger partial charge is 0.271 e. The molecule has 0 saturated carbocycles. The quantitative estimate of drug-likeness (QED) is 0.760. The normalized spacial score (nSPS) is 10.5. The monoisotopic (exact) mass is 297 g/mol. The summed E-state index contributed by atoms with van der Waals surface area (Å²) in [7, 11) is 0. The molecule has 2 aromatic heterocycles. The SMILES string of the molecule is O=C(NCCc1ccccc1)c1cc(-c2cccs2)[nH]n1. The fraction of sp³-hybridized carbons (Fsp3) is 0.125. The first-order chi connectivity index (χ1) is 10.3. The van der Waals surface area contributed by atoms with Crippen LogP contribution in [0.2, 0.25) is 0 Å². The lowest BCUT2D eigenvalue weighted by atomic mass is 10.1. The van der Waals surface area contributed by atoms with Crippen LogP contribution in [-0.4, -0.2) is 22.6 Å². The predicted molar refractivity (Wildman–Crippen MR) is 84.4 cm³/mol. The van der Waals surface area contributed by atoms with Crippen LogP contribution in [0.25, 0.3) is 10.6 Å². The number of rotatable bonds is 5. The van der Waals surface area contributed by atoms with Gasteiger partial charge in [0.25, 0.3) is 5.91 Å². The number of hydrogen-bond donors (Lipinski definition) is 2. The summed E-state index contributed by atoms with van der Waals surface area (Å²) in [6, 6.07) is 15.8. The number of carbonyl (C=O) groups is 1. The summed E-state index contributed by atoms with van der Waals surface area (Å²) in [4.78, 5) is 13.1. The van der Waals surface area contributed by atoms with E-state index in [0.29, 0.717) is 12.2 Å². The maximum absolute atomic E-state index is 12.0. The Morgan fingerprint density at radius 3 is 2.81 bits per heavy atom. The zero-order valence-corrected chi connectivity index (χ0v) is 12.2. The lowest BCUT2D eigenvalue weighted by Gasteiger charge is -2.03. The Labute approximate surface area is 126 Å². The zero-order valence-electron chi connectivity index (χ0n) is 11.4. The van der Waals surface area contributed by atoms with Crippen molar-refractivity contribution in [3.8, 4) is 10.6 Å². The first-order valence-corrected chi connectivity index (χ1v) is 7.62. The minimum Gasteiger partial charge on any atom is -0.350 e. The molecule has 4 nitrogen and oxygen atoms in total. The Hall–Kier alpha value is -2.40. The van der Waals surface area contributed by atoms with Gasteiger partial charge in [0, 0.05) is 6.54 Å². The van der Waals surface area contributed by atoms with Crippen molar-refractivity contribution in [1.82, 2.24) is 15.5 Å². The molecule has 1 aromatic carbocycles. The van der Waals surface area contributed by atoms with Crippen molar-refractivity contribution >= 4 is 17.2 Å². The third kappa shape index (κ3) is 3.38. The zero-order chi connectivity index (χ0) is 14.5. The lowest BCUT2D eigenvalue weighted by Crippen LogP contribution is -2.25. The number of hydrogen-bond acceptors (Lipinski definition) is 3. The largest absolute Gasteiger partial charge is 0.350 e. The second kappa shape index (κ2) is 6.37. The van der Waals surface area contributed by atoms with Gasteiger partial charge in [-0.25, -0.2) is 0 Å². The summed E-state index contributed by atoms with van der Waals surface area (Å²) in [5, 5.41) is 11.8. The molecular weight excluding hydrogens is 282 g/mol. The molecule has 0 atom stereocenters. The summed E-state index contributed by atoms with van der Waals surface area (Å²) < 4.78 is 0. The minimum atomic E-state index is -0.148. The third-order valence-corrected chi connectivity index (χ3v) is 4.04. The van der Waals surface area contributed by atoms with E-state index in [4.69, 9.17) is 0 Å². The molecule has 0 radical (unpaired) electrons. The van der Waals surface area contributed by atoms with Crippen molar-refractivity contribution in [3.05, 3.63) is 65.2 Å². The van der Waals surface area contributed by atoms with Gasteiger partial charge in [0.1, 0.15) is 0 Å². The number of nitrogens with zero attached hydrogens (tertiary/aromatic N) is 1. The molecule has 1 amide bonds. The Bertz CT molecular complexity index is 704. The second-order valence-electron chi connectivity index (χ2n) is 4.64. The van der Waals surface area contributed by atoms with Crippen LogP contribution in [0.3, 0.4) is 0 Å². The van der Waals surface area contributed by atoms with E-state index >= 15 is 0 Å². The molecule has 0 spiro atoms. The highest BCUT2D eigenvalue weighted by atomic mass is 32.1. The highest BCUT2D eigenvalue weighted by Crippen LogP contribution is 2.22. The predicted octanol–water partition coefficient (Wildman–Crippen LogP) is 3.11. The average Bonchev–Trinajstić information content (AvgIpc) is 3.19. The highest BCUT2D eigenvalue weighted by Gasteiger charge is 2.11. The summed E-state index contributed by atoms with van der Waals surface area (Å²) in [5.74, 6) is -0.148. The van der Waals surface area contributed by atoms with E-state index in [1.807, 2.05) is 35.7 Å². The van der Waals surface area contributed by atoms with Gasteiger partial charge in [-0.15, -0.1) is 11.3 Å². The molecule has 21 heavy (non-hydrogen) atoms. The molecule has 0 unspecified atom stereocenters. The van der Waals surface area contributed by atoms with Crippen LogP contribution in [0.5, 0.6) is 0 Å². The summed E-state index contributed by atoms with van der Waals surface area (Å²) >= 11 is 1.61. The number of thiophene rings is 1. The highest BCUT2D eigenvalue weighted by molar-refractivity contribution is 7.13. The van der Waals surface area contributed by atoms with Gasteiger partial charge in [-0.2, -0.15) is 5.10 Å². The van der Waals surface area contributed by atoms with E-state index < -0.39 is 0 Å². The van der Waals surface area contributed by atoms with Crippen LogP contribution in [0.4, 0.5) is 0 Å². The molecule has 0 aliphatic carbocycles. The van der Waals surface area contributed by atoms with Gasteiger partial charge >= 0.3 is 0 Å². The van der Waals surface area contributed by atoms with Gasteiger partial charge in [-0.1, -0.05) is 36.4 Å². The van der Waals surface area contributed by atoms with Crippen molar-refractivity contribution in [2.45, 2.75) is 6.42 Å². The molecular formula is C16H15N3OS. The maximum atomic E-state index is 12.0. The van der Waals surface area contributed by atoms with E-state index in [1.54, 1.807) is 17.4 Å². The Morgan fingerprint density at radius 1 is 1.19 bits per heavy atom. The third-order valence-electron chi connectivity index (χ3n) is 3.14.